The SMILES string of the molecule is N=C(N)CCN(Cc1ccc(Br)cn1)C1CC1. The van der Waals surface area contributed by atoms with Gasteiger partial charge in [-0.1, -0.05) is 0 Å². The van der Waals surface area contributed by atoms with Gasteiger partial charge in [0.2, 0.25) is 0 Å². The number of rotatable bonds is 6. The maximum atomic E-state index is 7.29. The van der Waals surface area contributed by atoms with E-state index >= 15 is 0 Å². The van der Waals surface area contributed by atoms with Crippen LogP contribution in [0.5, 0.6) is 0 Å². The number of aromatic nitrogens is 1. The molecule has 1 aliphatic rings. The van der Waals surface area contributed by atoms with Crippen LogP contribution in [0.2, 0.25) is 0 Å². The van der Waals surface area contributed by atoms with Gasteiger partial charge in [0.15, 0.2) is 0 Å². The molecule has 0 radical (unpaired) electrons. The molecule has 3 N–H and O–H groups in total. The molecule has 0 saturated heterocycles. The van der Waals surface area contributed by atoms with Crippen molar-refractivity contribution in [2.45, 2.75) is 31.8 Å². The van der Waals surface area contributed by atoms with Crippen LogP contribution in [-0.2, 0) is 6.54 Å². The number of nitrogens with zero attached hydrogens (tertiary/aromatic N) is 2. The topological polar surface area (TPSA) is 66.0 Å². The van der Waals surface area contributed by atoms with E-state index in [1.54, 1.807) is 0 Å². The van der Waals surface area contributed by atoms with Gasteiger partial charge in [-0.2, -0.15) is 0 Å². The van der Waals surface area contributed by atoms with E-state index in [-0.39, 0.29) is 5.84 Å². The Morgan fingerprint density at radius 1 is 1.53 bits per heavy atom. The summed E-state index contributed by atoms with van der Waals surface area (Å²) in [6, 6.07) is 4.71. The van der Waals surface area contributed by atoms with Crippen LogP contribution in [0.25, 0.3) is 0 Å². The predicted octanol–water partition coefficient (Wildman–Crippen LogP) is 2.13. The molecule has 4 nitrogen and oxygen atoms in total. The second-order valence-electron chi connectivity index (χ2n) is 4.44. The summed E-state index contributed by atoms with van der Waals surface area (Å²) in [6.45, 7) is 1.71. The van der Waals surface area contributed by atoms with Crippen molar-refractivity contribution in [1.82, 2.24) is 9.88 Å². The Balaban J connectivity index is 1.92. The number of hydrogen-bond acceptors (Lipinski definition) is 3. The van der Waals surface area contributed by atoms with Crippen molar-refractivity contribution >= 4 is 21.8 Å². The van der Waals surface area contributed by atoms with Crippen LogP contribution in [0.1, 0.15) is 25.0 Å². The smallest absolute Gasteiger partial charge is 0.0918 e. The number of hydrogen-bond donors (Lipinski definition) is 2. The zero-order valence-electron chi connectivity index (χ0n) is 9.69. The van der Waals surface area contributed by atoms with Crippen molar-refractivity contribution in [1.29, 1.82) is 5.41 Å². The lowest BCUT2D eigenvalue weighted by atomic mass is 10.3. The fourth-order valence-corrected chi connectivity index (χ4v) is 2.04. The Kier molecular flexibility index (Phi) is 4.12. The van der Waals surface area contributed by atoms with E-state index in [0.717, 1.165) is 23.3 Å². The number of nitrogens with two attached hydrogens (primary N) is 1. The minimum absolute atomic E-state index is 0.263. The Morgan fingerprint density at radius 3 is 2.82 bits per heavy atom. The maximum absolute atomic E-state index is 7.29. The van der Waals surface area contributed by atoms with Crippen molar-refractivity contribution < 1.29 is 0 Å². The summed E-state index contributed by atoms with van der Waals surface area (Å²) >= 11 is 3.38. The third kappa shape index (κ3) is 4.09. The molecular weight excluding hydrogens is 280 g/mol. The van der Waals surface area contributed by atoms with Crippen LogP contribution in [-0.4, -0.2) is 28.3 Å². The monoisotopic (exact) mass is 296 g/mol. The zero-order valence-corrected chi connectivity index (χ0v) is 11.3. The average Bonchev–Trinajstić information content (AvgIpc) is 3.10. The third-order valence-corrected chi connectivity index (χ3v) is 3.35. The minimum atomic E-state index is 0.263. The molecule has 0 aromatic carbocycles. The van der Waals surface area contributed by atoms with Crippen LogP contribution in [0.15, 0.2) is 22.8 Å². The molecule has 2 rings (SSSR count). The Morgan fingerprint density at radius 2 is 2.29 bits per heavy atom. The van der Waals surface area contributed by atoms with E-state index < -0.39 is 0 Å². The van der Waals surface area contributed by atoms with E-state index in [9.17, 15) is 0 Å². The first-order valence-electron chi connectivity index (χ1n) is 5.82. The second-order valence-corrected chi connectivity index (χ2v) is 5.36. The number of nitrogens with one attached hydrogen (secondary N) is 1. The van der Waals surface area contributed by atoms with E-state index in [1.165, 1.54) is 12.8 Å². The number of amidine groups is 1. The molecule has 0 unspecified atom stereocenters. The standard InChI is InChI=1S/C12H17BrN4/c13-9-1-2-10(16-7-9)8-17(11-3-4-11)6-5-12(14)15/h1-2,7,11H,3-6,8H2,(H3,14,15). The second kappa shape index (κ2) is 5.60. The lowest BCUT2D eigenvalue weighted by Crippen LogP contribution is -2.29. The Bertz CT molecular complexity index is 386. The molecule has 1 aromatic rings. The number of halogens is 1. The third-order valence-electron chi connectivity index (χ3n) is 2.89. The van der Waals surface area contributed by atoms with Gasteiger partial charge >= 0.3 is 0 Å². The minimum Gasteiger partial charge on any atom is -0.388 e. The van der Waals surface area contributed by atoms with Crippen molar-refractivity contribution in [2.24, 2.45) is 5.73 Å². The van der Waals surface area contributed by atoms with Gasteiger partial charge in [-0.3, -0.25) is 15.3 Å². The highest BCUT2D eigenvalue weighted by Gasteiger charge is 2.28. The van der Waals surface area contributed by atoms with Gasteiger partial charge in [-0.05, 0) is 40.9 Å². The van der Waals surface area contributed by atoms with Crippen molar-refractivity contribution in [3.05, 3.63) is 28.5 Å². The van der Waals surface area contributed by atoms with Crippen LogP contribution in [0, 0.1) is 5.41 Å². The number of pyridine rings is 1. The summed E-state index contributed by atoms with van der Waals surface area (Å²) in [5.41, 5.74) is 6.48. The summed E-state index contributed by atoms with van der Waals surface area (Å²) in [5.74, 6) is 0.263. The molecule has 0 aliphatic heterocycles. The highest BCUT2D eigenvalue weighted by molar-refractivity contribution is 9.10. The first-order valence-corrected chi connectivity index (χ1v) is 6.62. The molecule has 0 amide bonds. The molecule has 0 spiro atoms. The zero-order chi connectivity index (χ0) is 12.3. The lowest BCUT2D eigenvalue weighted by Gasteiger charge is -2.21. The van der Waals surface area contributed by atoms with Gasteiger partial charge in [0.25, 0.3) is 0 Å². The first kappa shape index (κ1) is 12.5. The van der Waals surface area contributed by atoms with E-state index in [0.29, 0.717) is 12.5 Å². The van der Waals surface area contributed by atoms with E-state index in [2.05, 4.69) is 25.8 Å². The molecule has 1 fully saturated rings. The van der Waals surface area contributed by atoms with E-state index in [4.69, 9.17) is 11.1 Å². The van der Waals surface area contributed by atoms with Gasteiger partial charge in [-0.15, -0.1) is 0 Å². The van der Waals surface area contributed by atoms with Crippen molar-refractivity contribution in [3.63, 3.8) is 0 Å². The van der Waals surface area contributed by atoms with E-state index in [1.807, 2.05) is 18.3 Å². The fraction of sp³-hybridized carbons (Fsp3) is 0.500. The van der Waals surface area contributed by atoms with Crippen LogP contribution < -0.4 is 5.73 Å². The molecule has 1 aromatic heterocycles. The van der Waals surface area contributed by atoms with Gasteiger partial charge in [-0.25, -0.2) is 0 Å². The van der Waals surface area contributed by atoms with Crippen LogP contribution in [0.4, 0.5) is 0 Å². The lowest BCUT2D eigenvalue weighted by molar-refractivity contribution is 0.259. The summed E-state index contributed by atoms with van der Waals surface area (Å²) in [6.07, 6.45) is 4.99. The average molecular weight is 297 g/mol. The molecule has 5 heteroatoms. The molecule has 0 bridgehead atoms. The molecule has 0 atom stereocenters. The molecule has 92 valence electrons. The molecule has 17 heavy (non-hydrogen) atoms. The highest BCUT2D eigenvalue weighted by atomic mass is 79.9. The quantitative estimate of drug-likeness (QED) is 0.624. The van der Waals surface area contributed by atoms with Gasteiger partial charge in [0, 0.05) is 36.2 Å². The van der Waals surface area contributed by atoms with Crippen LogP contribution in [0.3, 0.4) is 0 Å². The summed E-state index contributed by atoms with van der Waals surface area (Å²) < 4.78 is 1.00. The first-order chi connectivity index (χ1) is 8.15. The molecular formula is C12H17BrN4. The normalized spacial score (nSPS) is 15.2. The largest absolute Gasteiger partial charge is 0.388 e. The molecule has 1 saturated carbocycles. The highest BCUT2D eigenvalue weighted by Crippen LogP contribution is 2.28. The van der Waals surface area contributed by atoms with Crippen molar-refractivity contribution in [2.75, 3.05) is 6.54 Å². The summed E-state index contributed by atoms with van der Waals surface area (Å²) in [4.78, 5) is 6.75. The molecule has 1 aliphatic carbocycles. The molecule has 1 heterocycles. The predicted molar refractivity (Wildman–Crippen MR) is 71.9 cm³/mol. The Labute approximate surface area is 110 Å². The Hall–Kier alpha value is -0.940. The fourth-order valence-electron chi connectivity index (χ4n) is 1.80. The van der Waals surface area contributed by atoms with Gasteiger partial charge < -0.3 is 5.73 Å². The van der Waals surface area contributed by atoms with Crippen LogP contribution >= 0.6 is 15.9 Å². The maximum Gasteiger partial charge on any atom is 0.0918 e. The van der Waals surface area contributed by atoms with Crippen molar-refractivity contribution in [3.8, 4) is 0 Å². The van der Waals surface area contributed by atoms with Gasteiger partial charge in [0.05, 0.1) is 11.5 Å². The summed E-state index contributed by atoms with van der Waals surface area (Å²) in [5, 5.41) is 7.29. The summed E-state index contributed by atoms with van der Waals surface area (Å²) in [7, 11) is 0. The van der Waals surface area contributed by atoms with Gasteiger partial charge in [0.1, 0.15) is 0 Å².